The van der Waals surface area contributed by atoms with E-state index in [0.717, 1.165) is 0 Å². The third kappa shape index (κ3) is 1.54. The highest BCUT2D eigenvalue weighted by atomic mass is 19.3. The van der Waals surface area contributed by atoms with Crippen molar-refractivity contribution in [2.24, 2.45) is 5.92 Å². The van der Waals surface area contributed by atoms with E-state index >= 15 is 0 Å². The van der Waals surface area contributed by atoms with E-state index in [4.69, 9.17) is 9.47 Å². The number of aromatic nitrogens is 2. The molecular weight excluding hydrogens is 258 g/mol. The van der Waals surface area contributed by atoms with Gasteiger partial charge >= 0.3 is 6.01 Å². The molecule has 104 valence electrons. The molecule has 1 saturated heterocycles. The lowest BCUT2D eigenvalue weighted by molar-refractivity contribution is -0.163. The molecule has 0 radical (unpaired) electrons. The van der Waals surface area contributed by atoms with Crippen molar-refractivity contribution in [3.63, 3.8) is 0 Å². The summed E-state index contributed by atoms with van der Waals surface area (Å²) in [6.07, 6.45) is -2.10. The predicted molar refractivity (Wildman–Crippen MR) is 61.2 cm³/mol. The first kappa shape index (κ1) is 12.5. The van der Waals surface area contributed by atoms with Crippen LogP contribution in [-0.2, 0) is 4.74 Å². The summed E-state index contributed by atoms with van der Waals surface area (Å²) in [5.41, 5.74) is -1.93. The smallest absolute Gasteiger partial charge is 0.302 e. The zero-order valence-corrected chi connectivity index (χ0v) is 10.5. The van der Waals surface area contributed by atoms with Gasteiger partial charge in [-0.25, -0.2) is 8.78 Å². The fraction of sp³-hybridized carbons (Fsp3) is 0.667. The molecule has 0 spiro atoms. The average Bonchev–Trinajstić information content (AvgIpc) is 2.84. The van der Waals surface area contributed by atoms with Crippen LogP contribution in [0.3, 0.4) is 0 Å². The molecule has 0 unspecified atom stereocenters. The second kappa shape index (κ2) is 4.00. The van der Waals surface area contributed by atoms with E-state index in [2.05, 4.69) is 4.98 Å². The van der Waals surface area contributed by atoms with Gasteiger partial charge in [-0.1, -0.05) is 13.8 Å². The Hall–Kier alpha value is -1.50. The van der Waals surface area contributed by atoms with Gasteiger partial charge in [-0.05, 0) is 6.42 Å². The molecule has 4 atom stereocenters. The Balaban J connectivity index is 2.01. The van der Waals surface area contributed by atoms with E-state index in [1.165, 1.54) is 16.8 Å². The van der Waals surface area contributed by atoms with Crippen molar-refractivity contribution in [1.82, 2.24) is 9.55 Å². The van der Waals surface area contributed by atoms with Gasteiger partial charge in [-0.3, -0.25) is 9.36 Å². The molecule has 0 aromatic carbocycles. The first-order chi connectivity index (χ1) is 8.99. The molecule has 7 heteroatoms. The van der Waals surface area contributed by atoms with E-state index in [-0.39, 0.29) is 12.4 Å². The van der Waals surface area contributed by atoms with E-state index in [1.54, 1.807) is 13.8 Å². The maximum atomic E-state index is 13.3. The lowest BCUT2D eigenvalue weighted by atomic mass is 9.85. The molecule has 1 aromatic rings. The zero-order valence-electron chi connectivity index (χ0n) is 10.5. The van der Waals surface area contributed by atoms with Gasteiger partial charge in [0, 0.05) is 18.2 Å². The first-order valence-electron chi connectivity index (χ1n) is 6.21. The van der Waals surface area contributed by atoms with Crippen LogP contribution in [0.15, 0.2) is 17.1 Å². The topological polar surface area (TPSA) is 53.4 Å². The van der Waals surface area contributed by atoms with Crippen molar-refractivity contribution >= 4 is 0 Å². The molecule has 1 aromatic heterocycles. The number of nitrogens with zero attached hydrogens (tertiary/aromatic N) is 2. The quantitative estimate of drug-likeness (QED) is 0.820. The summed E-state index contributed by atoms with van der Waals surface area (Å²) in [6, 6.07) is 1.39. The van der Waals surface area contributed by atoms with Crippen LogP contribution in [0.5, 0.6) is 6.01 Å². The number of fused-ring (bicyclic) bond motifs is 3. The van der Waals surface area contributed by atoms with E-state index in [1.807, 2.05) is 0 Å². The molecule has 0 amide bonds. The number of ether oxygens (including phenoxy) is 2. The van der Waals surface area contributed by atoms with Gasteiger partial charge in [0.2, 0.25) is 0 Å². The van der Waals surface area contributed by atoms with E-state index in [9.17, 15) is 13.6 Å². The molecular formula is C12H14F2N2O3. The standard InChI is InChI=1S/C12H14F2N2O3/c1-3-12(10(13)14)6(2)8-9(19-12)16-5-4-7(17)15-11(16)18-8/h4-6,8-10H,3H2,1-2H3/t6-,8-,9+,12+/m0/s1. The molecule has 2 aliphatic rings. The van der Waals surface area contributed by atoms with Crippen LogP contribution in [0.25, 0.3) is 0 Å². The lowest BCUT2D eigenvalue weighted by Crippen LogP contribution is -2.44. The summed E-state index contributed by atoms with van der Waals surface area (Å²) in [4.78, 5) is 14.9. The van der Waals surface area contributed by atoms with Gasteiger partial charge in [-0.15, -0.1) is 0 Å². The molecule has 2 aliphatic heterocycles. The molecule has 0 bridgehead atoms. The zero-order chi connectivity index (χ0) is 13.8. The highest BCUT2D eigenvalue weighted by Gasteiger charge is 2.61. The fourth-order valence-electron chi connectivity index (χ4n) is 2.91. The number of halogens is 2. The molecule has 0 aliphatic carbocycles. The Morgan fingerprint density at radius 3 is 2.95 bits per heavy atom. The molecule has 5 nitrogen and oxygen atoms in total. The summed E-state index contributed by atoms with van der Waals surface area (Å²) in [6.45, 7) is 3.36. The Morgan fingerprint density at radius 2 is 2.32 bits per heavy atom. The van der Waals surface area contributed by atoms with Crippen molar-refractivity contribution in [2.45, 2.75) is 44.6 Å². The number of hydrogen-bond acceptors (Lipinski definition) is 4. The molecule has 0 saturated carbocycles. The maximum absolute atomic E-state index is 13.3. The highest BCUT2D eigenvalue weighted by Crippen LogP contribution is 2.51. The summed E-state index contributed by atoms with van der Waals surface area (Å²) < 4.78 is 39.3. The van der Waals surface area contributed by atoms with Gasteiger partial charge in [-0.2, -0.15) is 4.98 Å². The Bertz CT molecular complexity index is 562. The monoisotopic (exact) mass is 272 g/mol. The van der Waals surface area contributed by atoms with Crippen LogP contribution in [0.1, 0.15) is 26.5 Å². The molecule has 3 rings (SSSR count). The predicted octanol–water partition coefficient (Wildman–Crippen LogP) is 1.58. The molecule has 0 N–H and O–H groups in total. The van der Waals surface area contributed by atoms with Gasteiger partial charge in [0.15, 0.2) is 12.3 Å². The van der Waals surface area contributed by atoms with Crippen molar-refractivity contribution in [2.75, 3.05) is 0 Å². The number of hydrogen-bond donors (Lipinski definition) is 0. The minimum atomic E-state index is -2.59. The van der Waals surface area contributed by atoms with Gasteiger partial charge in [0.05, 0.1) is 0 Å². The highest BCUT2D eigenvalue weighted by molar-refractivity contribution is 5.13. The van der Waals surface area contributed by atoms with Crippen LogP contribution in [-0.4, -0.2) is 27.7 Å². The second-order valence-electron chi connectivity index (χ2n) is 4.94. The van der Waals surface area contributed by atoms with Crippen molar-refractivity contribution in [3.05, 3.63) is 22.6 Å². The summed E-state index contributed by atoms with van der Waals surface area (Å²) >= 11 is 0. The van der Waals surface area contributed by atoms with Crippen molar-refractivity contribution in [1.29, 1.82) is 0 Å². The van der Waals surface area contributed by atoms with E-state index < -0.39 is 35.8 Å². The maximum Gasteiger partial charge on any atom is 0.302 e. The minimum absolute atomic E-state index is 0.133. The minimum Gasteiger partial charge on any atom is -0.456 e. The number of rotatable bonds is 2. The Morgan fingerprint density at radius 1 is 1.58 bits per heavy atom. The van der Waals surface area contributed by atoms with Crippen LogP contribution < -0.4 is 10.3 Å². The second-order valence-corrected chi connectivity index (χ2v) is 4.94. The third-order valence-electron chi connectivity index (χ3n) is 4.13. The van der Waals surface area contributed by atoms with E-state index in [0.29, 0.717) is 0 Å². The van der Waals surface area contributed by atoms with Crippen LogP contribution in [0.2, 0.25) is 0 Å². The largest absolute Gasteiger partial charge is 0.456 e. The van der Waals surface area contributed by atoms with Crippen molar-refractivity contribution < 1.29 is 18.3 Å². The van der Waals surface area contributed by atoms with Gasteiger partial charge < -0.3 is 9.47 Å². The normalized spacial score (nSPS) is 36.2. The molecule has 1 fully saturated rings. The van der Waals surface area contributed by atoms with Crippen LogP contribution in [0.4, 0.5) is 8.78 Å². The van der Waals surface area contributed by atoms with Gasteiger partial charge in [0.1, 0.15) is 5.60 Å². The van der Waals surface area contributed by atoms with Crippen LogP contribution >= 0.6 is 0 Å². The van der Waals surface area contributed by atoms with Gasteiger partial charge in [0.25, 0.3) is 12.0 Å². The first-order valence-corrected chi connectivity index (χ1v) is 6.21. The summed E-state index contributed by atoms with van der Waals surface area (Å²) in [5.74, 6) is -0.487. The summed E-state index contributed by atoms with van der Waals surface area (Å²) in [5, 5.41) is 0. The fourth-order valence-corrected chi connectivity index (χ4v) is 2.91. The lowest BCUT2D eigenvalue weighted by Gasteiger charge is -2.31. The van der Waals surface area contributed by atoms with Crippen LogP contribution in [0, 0.1) is 5.92 Å². The summed E-state index contributed by atoms with van der Waals surface area (Å²) in [7, 11) is 0. The van der Waals surface area contributed by atoms with Crippen molar-refractivity contribution in [3.8, 4) is 6.01 Å². The average molecular weight is 272 g/mol. The third-order valence-corrected chi connectivity index (χ3v) is 4.13. The Kier molecular flexibility index (Phi) is 2.63. The molecule has 19 heavy (non-hydrogen) atoms. The SMILES string of the molecule is CC[C@@]1(C(F)F)O[C@@H]2[C@@H](Oc3nc(=O)ccn32)[C@@H]1C. The Labute approximate surface area is 108 Å². The molecule has 3 heterocycles. The number of alkyl halides is 2.